The molecule has 1 atom stereocenters. The van der Waals surface area contributed by atoms with Crippen molar-refractivity contribution in [3.05, 3.63) is 24.8 Å². The molecule has 0 aromatic heterocycles. The third-order valence-corrected chi connectivity index (χ3v) is 5.99. The predicted octanol–water partition coefficient (Wildman–Crippen LogP) is 8.37. The van der Waals surface area contributed by atoms with E-state index in [1.165, 1.54) is 96.3 Å². The number of amides is 1. The number of hydroxylamine groups is 1. The van der Waals surface area contributed by atoms with E-state index >= 15 is 0 Å². The molecule has 0 saturated carbocycles. The Labute approximate surface area is 198 Å². The Morgan fingerprint density at radius 3 is 1.72 bits per heavy atom. The molecule has 1 N–H and O–H groups in total. The summed E-state index contributed by atoms with van der Waals surface area (Å²) in [6.07, 6.45) is 29.3. The molecule has 0 spiro atoms. The molecule has 0 bridgehead atoms. The second-order valence-corrected chi connectivity index (χ2v) is 9.01. The van der Waals surface area contributed by atoms with Crippen molar-refractivity contribution in [2.24, 2.45) is 5.92 Å². The molecule has 4 heteroatoms. The van der Waals surface area contributed by atoms with E-state index in [4.69, 9.17) is 0 Å². The summed E-state index contributed by atoms with van der Waals surface area (Å²) in [5.41, 5.74) is 2.26. The zero-order valence-corrected chi connectivity index (χ0v) is 21.2. The number of carbonyl (C=O) groups excluding carboxylic acids is 2. The number of hydrogen-bond acceptors (Lipinski definition) is 3. The molecule has 0 aliphatic rings. The third kappa shape index (κ3) is 20.3. The van der Waals surface area contributed by atoms with Gasteiger partial charge in [-0.1, -0.05) is 116 Å². The molecule has 1 unspecified atom stereocenters. The summed E-state index contributed by atoms with van der Waals surface area (Å²) in [4.78, 5) is 27.9. The predicted molar refractivity (Wildman–Crippen MR) is 136 cm³/mol. The van der Waals surface area contributed by atoms with Crippen LogP contribution in [0.1, 0.15) is 136 Å². The van der Waals surface area contributed by atoms with Crippen molar-refractivity contribution < 1.29 is 14.4 Å². The van der Waals surface area contributed by atoms with Crippen molar-refractivity contribution in [3.8, 4) is 0 Å². The van der Waals surface area contributed by atoms with Crippen LogP contribution in [0.25, 0.3) is 0 Å². The fourth-order valence-electron chi connectivity index (χ4n) is 3.97. The highest BCUT2D eigenvalue weighted by Gasteiger charge is 2.18. The first-order valence-corrected chi connectivity index (χ1v) is 13.4. The molecule has 0 aliphatic heterocycles. The second kappa shape index (κ2) is 24.1. The average molecular weight is 450 g/mol. The minimum absolute atomic E-state index is 0.0771. The van der Waals surface area contributed by atoms with Gasteiger partial charge in [0.15, 0.2) is 0 Å². The Morgan fingerprint density at radius 2 is 1.22 bits per heavy atom. The van der Waals surface area contributed by atoms with Crippen molar-refractivity contribution in [2.45, 2.75) is 136 Å². The third-order valence-electron chi connectivity index (χ3n) is 5.99. The molecular formula is C28H51NO3. The van der Waals surface area contributed by atoms with E-state index in [-0.39, 0.29) is 11.8 Å². The lowest BCUT2D eigenvalue weighted by atomic mass is 9.95. The molecule has 1 amide bonds. The first-order chi connectivity index (χ1) is 15.7. The monoisotopic (exact) mass is 449 g/mol. The summed E-state index contributed by atoms with van der Waals surface area (Å²) in [5, 5.41) is 0. The Kier molecular flexibility index (Phi) is 22.9. The van der Waals surface area contributed by atoms with Crippen molar-refractivity contribution in [3.63, 3.8) is 0 Å². The molecule has 4 nitrogen and oxygen atoms in total. The number of allylic oxidation sites excluding steroid dienone is 2. The summed E-state index contributed by atoms with van der Waals surface area (Å²) in [6.45, 7) is 7.66. The van der Waals surface area contributed by atoms with Crippen LogP contribution in [-0.4, -0.2) is 11.9 Å². The van der Waals surface area contributed by atoms with E-state index in [0.29, 0.717) is 0 Å². The van der Waals surface area contributed by atoms with Gasteiger partial charge in [0.05, 0.1) is 0 Å². The number of carbonyl (C=O) groups is 2. The maximum atomic E-state index is 12.1. The molecular weight excluding hydrogens is 398 g/mol. The molecule has 186 valence electrons. The van der Waals surface area contributed by atoms with Crippen LogP contribution in [0.3, 0.4) is 0 Å². The maximum absolute atomic E-state index is 12.1. The van der Waals surface area contributed by atoms with E-state index in [2.05, 4.69) is 42.9 Å². The molecule has 0 fully saturated rings. The lowest BCUT2D eigenvalue weighted by molar-refractivity contribution is -0.155. The quantitative estimate of drug-likeness (QED) is 0.0781. The van der Waals surface area contributed by atoms with Crippen molar-refractivity contribution >= 4 is 11.9 Å². The first-order valence-electron chi connectivity index (χ1n) is 13.4. The average Bonchev–Trinajstić information content (AvgIpc) is 2.80. The number of hydrogen-bond donors (Lipinski definition) is 1. The Hall–Kier alpha value is -1.58. The standard InChI is InChI=1S/C28H51NO3/c1-4-7-8-9-10-11-12-13-14-15-16-17-18-19-20-21-22-23-25-26(24-5-2)28(31)29-32-27(30)6-3/h6,13-14,26H,3-5,7-12,15-25H2,1-2H3,(H,29,31)/b14-13-. The van der Waals surface area contributed by atoms with Gasteiger partial charge in [-0.25, -0.2) is 4.79 Å². The van der Waals surface area contributed by atoms with Gasteiger partial charge in [-0.2, -0.15) is 5.48 Å². The van der Waals surface area contributed by atoms with Gasteiger partial charge in [-0.3, -0.25) is 4.79 Å². The summed E-state index contributed by atoms with van der Waals surface area (Å²) >= 11 is 0. The number of rotatable bonds is 22. The van der Waals surface area contributed by atoms with Gasteiger partial charge in [-0.15, -0.1) is 0 Å². The second-order valence-electron chi connectivity index (χ2n) is 9.01. The van der Waals surface area contributed by atoms with Crippen LogP contribution >= 0.6 is 0 Å². The highest BCUT2D eigenvalue weighted by molar-refractivity contribution is 5.84. The summed E-state index contributed by atoms with van der Waals surface area (Å²) in [5.74, 6) is -0.896. The summed E-state index contributed by atoms with van der Waals surface area (Å²) in [6, 6.07) is 0. The van der Waals surface area contributed by atoms with E-state index < -0.39 is 5.97 Å². The normalized spacial score (nSPS) is 12.1. The summed E-state index contributed by atoms with van der Waals surface area (Å²) in [7, 11) is 0. The van der Waals surface area contributed by atoms with E-state index in [0.717, 1.165) is 31.8 Å². The van der Waals surface area contributed by atoms with Crippen molar-refractivity contribution in [1.82, 2.24) is 5.48 Å². The Balaban J connectivity index is 3.52. The SMILES string of the molecule is C=CC(=O)ONC(=O)C(CCC)CCCCCCCCCC/C=C\CCCCCCCC. The van der Waals surface area contributed by atoms with Gasteiger partial charge in [0, 0.05) is 12.0 Å². The largest absolute Gasteiger partial charge is 0.355 e. The molecule has 0 rings (SSSR count). The smallest absolute Gasteiger partial charge is 0.336 e. The number of unbranched alkanes of at least 4 members (excludes halogenated alkanes) is 14. The lowest BCUT2D eigenvalue weighted by Gasteiger charge is -2.15. The highest BCUT2D eigenvalue weighted by atomic mass is 16.7. The summed E-state index contributed by atoms with van der Waals surface area (Å²) < 4.78 is 0. The van der Waals surface area contributed by atoms with Gasteiger partial charge in [0.2, 0.25) is 0 Å². The van der Waals surface area contributed by atoms with Gasteiger partial charge in [-0.05, 0) is 38.5 Å². The Bertz CT molecular complexity index is 487. The molecule has 32 heavy (non-hydrogen) atoms. The van der Waals surface area contributed by atoms with Crippen LogP contribution < -0.4 is 5.48 Å². The molecule has 0 aliphatic carbocycles. The molecule has 0 aromatic carbocycles. The fourth-order valence-corrected chi connectivity index (χ4v) is 3.97. The van der Waals surface area contributed by atoms with Gasteiger partial charge < -0.3 is 4.84 Å². The zero-order chi connectivity index (χ0) is 23.7. The van der Waals surface area contributed by atoms with E-state index in [1.807, 2.05) is 0 Å². The van der Waals surface area contributed by atoms with E-state index in [1.54, 1.807) is 0 Å². The van der Waals surface area contributed by atoms with Gasteiger partial charge in [0.25, 0.3) is 5.91 Å². The van der Waals surface area contributed by atoms with Crippen LogP contribution in [0, 0.1) is 5.92 Å². The highest BCUT2D eigenvalue weighted by Crippen LogP contribution is 2.18. The topological polar surface area (TPSA) is 55.4 Å². The van der Waals surface area contributed by atoms with E-state index in [9.17, 15) is 9.59 Å². The van der Waals surface area contributed by atoms with Crippen molar-refractivity contribution in [2.75, 3.05) is 0 Å². The van der Waals surface area contributed by atoms with Crippen LogP contribution in [0.5, 0.6) is 0 Å². The first kappa shape index (κ1) is 30.4. The molecule has 0 heterocycles. The van der Waals surface area contributed by atoms with Crippen LogP contribution in [0.2, 0.25) is 0 Å². The Morgan fingerprint density at radius 1 is 0.719 bits per heavy atom. The lowest BCUT2D eigenvalue weighted by Crippen LogP contribution is -2.32. The number of nitrogens with one attached hydrogen (secondary N) is 1. The van der Waals surface area contributed by atoms with Crippen LogP contribution in [0.15, 0.2) is 24.8 Å². The fraction of sp³-hybridized carbons (Fsp3) is 0.786. The maximum Gasteiger partial charge on any atom is 0.355 e. The van der Waals surface area contributed by atoms with Crippen molar-refractivity contribution in [1.29, 1.82) is 0 Å². The van der Waals surface area contributed by atoms with Gasteiger partial charge in [0.1, 0.15) is 0 Å². The molecule has 0 radical (unpaired) electrons. The minimum Gasteiger partial charge on any atom is -0.336 e. The van der Waals surface area contributed by atoms with Gasteiger partial charge >= 0.3 is 5.97 Å². The zero-order valence-electron chi connectivity index (χ0n) is 21.2. The molecule has 0 saturated heterocycles. The minimum atomic E-state index is -0.627. The molecule has 0 aromatic rings. The van der Waals surface area contributed by atoms with Crippen LogP contribution in [-0.2, 0) is 14.4 Å². The van der Waals surface area contributed by atoms with Crippen LogP contribution in [0.4, 0.5) is 0 Å².